The lowest BCUT2D eigenvalue weighted by Crippen LogP contribution is -2.28. The zero-order valence-electron chi connectivity index (χ0n) is 10.8. The molecule has 0 radical (unpaired) electrons. The van der Waals surface area contributed by atoms with E-state index in [0.29, 0.717) is 11.7 Å². The van der Waals surface area contributed by atoms with Gasteiger partial charge in [-0.25, -0.2) is 4.79 Å². The van der Waals surface area contributed by atoms with Crippen molar-refractivity contribution in [2.75, 3.05) is 25.1 Å². The predicted molar refractivity (Wildman–Crippen MR) is 70.4 cm³/mol. The molecule has 0 aromatic heterocycles. The Balaban J connectivity index is 2.08. The average Bonchev–Trinajstić information content (AvgIpc) is 2.81. The van der Waals surface area contributed by atoms with Crippen LogP contribution in [-0.2, 0) is 4.74 Å². The minimum atomic E-state index is -0.874. The van der Waals surface area contributed by atoms with Gasteiger partial charge >= 0.3 is 5.97 Å². The van der Waals surface area contributed by atoms with Crippen LogP contribution in [0.2, 0.25) is 0 Å². The number of ether oxygens (including phenoxy) is 1. The second kappa shape index (κ2) is 5.40. The minimum Gasteiger partial charge on any atom is -0.478 e. The van der Waals surface area contributed by atoms with Crippen molar-refractivity contribution in [1.29, 1.82) is 0 Å². The van der Waals surface area contributed by atoms with Crippen molar-refractivity contribution in [2.24, 2.45) is 0 Å². The lowest BCUT2D eigenvalue weighted by molar-refractivity contribution is 0.0696. The van der Waals surface area contributed by atoms with Gasteiger partial charge in [-0.3, -0.25) is 0 Å². The summed E-state index contributed by atoms with van der Waals surface area (Å²) in [5.74, 6) is -0.874. The number of carboxylic acids is 1. The molecule has 2 rings (SSSR count). The Labute approximate surface area is 107 Å². The van der Waals surface area contributed by atoms with Crippen LogP contribution in [0.1, 0.15) is 28.8 Å². The summed E-state index contributed by atoms with van der Waals surface area (Å²) < 4.78 is 5.60. The van der Waals surface area contributed by atoms with Crippen LogP contribution in [0.3, 0.4) is 0 Å². The number of benzene rings is 1. The summed E-state index contributed by atoms with van der Waals surface area (Å²) in [4.78, 5) is 13.1. The predicted octanol–water partition coefficient (Wildman–Crippen LogP) is 2.31. The van der Waals surface area contributed by atoms with Crippen LogP contribution >= 0.6 is 0 Å². The Kier molecular flexibility index (Phi) is 3.87. The first-order valence-corrected chi connectivity index (χ1v) is 6.24. The summed E-state index contributed by atoms with van der Waals surface area (Å²) in [5, 5.41) is 8.99. The largest absolute Gasteiger partial charge is 0.478 e. The van der Waals surface area contributed by atoms with Gasteiger partial charge < -0.3 is 14.7 Å². The highest BCUT2D eigenvalue weighted by molar-refractivity contribution is 5.89. The van der Waals surface area contributed by atoms with E-state index in [4.69, 9.17) is 9.84 Å². The first kappa shape index (κ1) is 12.9. The highest BCUT2D eigenvalue weighted by Crippen LogP contribution is 2.21. The molecular formula is C14H19NO3. The van der Waals surface area contributed by atoms with Gasteiger partial charge in [0.15, 0.2) is 0 Å². The van der Waals surface area contributed by atoms with E-state index in [9.17, 15) is 4.79 Å². The molecular weight excluding hydrogens is 230 g/mol. The van der Waals surface area contributed by atoms with E-state index in [1.165, 1.54) is 0 Å². The Morgan fingerprint density at radius 3 is 2.89 bits per heavy atom. The molecule has 18 heavy (non-hydrogen) atoms. The van der Waals surface area contributed by atoms with Crippen molar-refractivity contribution >= 4 is 11.7 Å². The summed E-state index contributed by atoms with van der Waals surface area (Å²) in [6.07, 6.45) is 2.54. The summed E-state index contributed by atoms with van der Waals surface area (Å²) in [6.45, 7) is 3.54. The maximum atomic E-state index is 10.9. The zero-order valence-corrected chi connectivity index (χ0v) is 10.8. The molecule has 1 heterocycles. The van der Waals surface area contributed by atoms with Crippen LogP contribution in [0.5, 0.6) is 0 Å². The molecule has 1 saturated heterocycles. The Morgan fingerprint density at radius 1 is 1.56 bits per heavy atom. The summed E-state index contributed by atoms with van der Waals surface area (Å²) >= 11 is 0. The molecule has 4 nitrogen and oxygen atoms in total. The number of carboxylic acid groups (broad SMARTS) is 1. The van der Waals surface area contributed by atoms with E-state index in [2.05, 4.69) is 4.90 Å². The van der Waals surface area contributed by atoms with Gasteiger partial charge in [0.25, 0.3) is 0 Å². The van der Waals surface area contributed by atoms with E-state index >= 15 is 0 Å². The number of carbonyl (C=O) groups is 1. The topological polar surface area (TPSA) is 49.8 Å². The molecule has 1 aliphatic rings. The third-order valence-corrected chi connectivity index (χ3v) is 3.38. The van der Waals surface area contributed by atoms with Crippen LogP contribution < -0.4 is 4.90 Å². The molecule has 0 saturated carbocycles. The van der Waals surface area contributed by atoms with Crippen molar-refractivity contribution in [1.82, 2.24) is 0 Å². The first-order chi connectivity index (χ1) is 8.58. The van der Waals surface area contributed by atoms with Crippen LogP contribution in [-0.4, -0.2) is 37.4 Å². The lowest BCUT2D eigenvalue weighted by Gasteiger charge is -2.23. The quantitative estimate of drug-likeness (QED) is 0.889. The molecule has 1 unspecified atom stereocenters. The maximum absolute atomic E-state index is 10.9. The molecule has 0 spiro atoms. The Bertz CT molecular complexity index is 439. The number of aromatic carboxylic acids is 1. The highest BCUT2D eigenvalue weighted by atomic mass is 16.5. The molecule has 1 aromatic rings. The SMILES string of the molecule is Cc1cc(N(C)CC2CCCO2)ccc1C(=O)O. The molecule has 1 atom stereocenters. The van der Waals surface area contributed by atoms with Gasteiger partial charge in [0, 0.05) is 25.9 Å². The average molecular weight is 249 g/mol. The number of rotatable bonds is 4. The number of hydrogen-bond acceptors (Lipinski definition) is 3. The molecule has 98 valence electrons. The third-order valence-electron chi connectivity index (χ3n) is 3.38. The monoisotopic (exact) mass is 249 g/mol. The number of anilines is 1. The Hall–Kier alpha value is -1.55. The second-order valence-electron chi connectivity index (χ2n) is 4.82. The summed E-state index contributed by atoms with van der Waals surface area (Å²) in [5.41, 5.74) is 2.19. The van der Waals surface area contributed by atoms with Crippen molar-refractivity contribution in [3.05, 3.63) is 29.3 Å². The van der Waals surface area contributed by atoms with Crippen LogP contribution in [0.4, 0.5) is 5.69 Å². The van der Waals surface area contributed by atoms with E-state index in [-0.39, 0.29) is 0 Å². The highest BCUT2D eigenvalue weighted by Gasteiger charge is 2.18. The van der Waals surface area contributed by atoms with Crippen LogP contribution in [0.15, 0.2) is 18.2 Å². The van der Waals surface area contributed by atoms with Gasteiger partial charge in [-0.05, 0) is 43.5 Å². The molecule has 0 bridgehead atoms. The van der Waals surface area contributed by atoms with Gasteiger partial charge in [-0.15, -0.1) is 0 Å². The number of hydrogen-bond donors (Lipinski definition) is 1. The number of nitrogens with zero attached hydrogens (tertiary/aromatic N) is 1. The Morgan fingerprint density at radius 2 is 2.33 bits per heavy atom. The van der Waals surface area contributed by atoms with Crippen LogP contribution in [0.25, 0.3) is 0 Å². The lowest BCUT2D eigenvalue weighted by atomic mass is 10.1. The van der Waals surface area contributed by atoms with E-state index in [0.717, 1.165) is 37.2 Å². The fourth-order valence-corrected chi connectivity index (χ4v) is 2.32. The van der Waals surface area contributed by atoms with Gasteiger partial charge in [0.1, 0.15) is 0 Å². The molecule has 0 amide bonds. The minimum absolute atomic E-state index is 0.300. The standard InChI is InChI=1S/C14H19NO3/c1-10-8-11(5-6-13(10)14(16)17)15(2)9-12-4-3-7-18-12/h5-6,8,12H,3-4,7,9H2,1-2H3,(H,16,17). The van der Waals surface area contributed by atoms with Gasteiger partial charge in [0.05, 0.1) is 11.7 Å². The third kappa shape index (κ3) is 2.82. The van der Waals surface area contributed by atoms with E-state index in [1.54, 1.807) is 6.07 Å². The van der Waals surface area contributed by atoms with Gasteiger partial charge in [-0.2, -0.15) is 0 Å². The van der Waals surface area contributed by atoms with E-state index in [1.807, 2.05) is 26.1 Å². The van der Waals surface area contributed by atoms with Crippen molar-refractivity contribution < 1.29 is 14.6 Å². The molecule has 1 aromatic carbocycles. The van der Waals surface area contributed by atoms with Crippen molar-refractivity contribution in [3.63, 3.8) is 0 Å². The fourth-order valence-electron chi connectivity index (χ4n) is 2.32. The first-order valence-electron chi connectivity index (χ1n) is 6.24. The number of likely N-dealkylation sites (N-methyl/N-ethyl adjacent to an activating group) is 1. The van der Waals surface area contributed by atoms with Gasteiger partial charge in [-0.1, -0.05) is 0 Å². The molecule has 0 aliphatic carbocycles. The smallest absolute Gasteiger partial charge is 0.335 e. The van der Waals surface area contributed by atoms with Crippen molar-refractivity contribution in [2.45, 2.75) is 25.9 Å². The normalized spacial score (nSPS) is 18.9. The summed E-state index contributed by atoms with van der Waals surface area (Å²) in [6, 6.07) is 5.43. The fraction of sp³-hybridized carbons (Fsp3) is 0.500. The molecule has 1 N–H and O–H groups in total. The molecule has 4 heteroatoms. The van der Waals surface area contributed by atoms with E-state index < -0.39 is 5.97 Å². The maximum Gasteiger partial charge on any atom is 0.335 e. The van der Waals surface area contributed by atoms with Crippen molar-refractivity contribution in [3.8, 4) is 0 Å². The van der Waals surface area contributed by atoms with Crippen LogP contribution in [0, 0.1) is 6.92 Å². The molecule has 1 aliphatic heterocycles. The second-order valence-corrected chi connectivity index (χ2v) is 4.82. The number of aryl methyl sites for hydroxylation is 1. The van der Waals surface area contributed by atoms with Gasteiger partial charge in [0.2, 0.25) is 0 Å². The summed E-state index contributed by atoms with van der Waals surface area (Å²) in [7, 11) is 2.01. The molecule has 1 fully saturated rings. The zero-order chi connectivity index (χ0) is 13.1.